The molecule has 35 heavy (non-hydrogen) atoms. The van der Waals surface area contributed by atoms with Gasteiger partial charge < -0.3 is 20.1 Å². The summed E-state index contributed by atoms with van der Waals surface area (Å²) in [6, 6.07) is 18.4. The molecule has 0 spiro atoms. The number of imide groups is 1. The van der Waals surface area contributed by atoms with Crippen molar-refractivity contribution in [3.63, 3.8) is 0 Å². The van der Waals surface area contributed by atoms with E-state index in [1.54, 1.807) is 48.5 Å². The van der Waals surface area contributed by atoms with Gasteiger partial charge in [-0.05, 0) is 64.5 Å². The number of ether oxygens (including phenoxy) is 2. The van der Waals surface area contributed by atoms with Crippen LogP contribution in [0.2, 0.25) is 0 Å². The fourth-order valence-corrected chi connectivity index (χ4v) is 4.00. The molecule has 0 fully saturated rings. The summed E-state index contributed by atoms with van der Waals surface area (Å²) in [6.07, 6.45) is 0. The summed E-state index contributed by atoms with van der Waals surface area (Å²) in [5, 5.41) is 5.44. The molecule has 8 nitrogen and oxygen atoms in total. The molecule has 0 saturated heterocycles. The molecule has 1 aliphatic rings. The highest BCUT2D eigenvalue weighted by Crippen LogP contribution is 2.37. The molecule has 4 rings (SSSR count). The van der Waals surface area contributed by atoms with Gasteiger partial charge in [0.05, 0.1) is 25.6 Å². The number of carbonyl (C=O) groups excluding carboxylic acids is 3. The fourth-order valence-electron chi connectivity index (χ4n) is 3.41. The second kappa shape index (κ2) is 10.2. The zero-order valence-electron chi connectivity index (χ0n) is 18.6. The second-order valence-corrected chi connectivity index (χ2v) is 8.54. The number of para-hydroxylation sites is 1. The third-order valence-electron chi connectivity index (χ3n) is 5.19. The van der Waals surface area contributed by atoms with Gasteiger partial charge >= 0.3 is 0 Å². The van der Waals surface area contributed by atoms with E-state index in [0.717, 1.165) is 9.37 Å². The van der Waals surface area contributed by atoms with E-state index in [0.29, 0.717) is 22.7 Å². The summed E-state index contributed by atoms with van der Waals surface area (Å²) in [4.78, 5) is 39.4. The molecule has 0 saturated carbocycles. The summed E-state index contributed by atoms with van der Waals surface area (Å²) in [5.74, 6) is -0.847. The number of anilines is 3. The number of carbonyl (C=O) groups is 3. The minimum absolute atomic E-state index is 0.0834. The number of benzene rings is 3. The van der Waals surface area contributed by atoms with Crippen molar-refractivity contribution < 1.29 is 23.9 Å². The number of methoxy groups -OCH3 is 2. The fraction of sp³-hybridized carbons (Fsp3) is 0.0800. The third-order valence-corrected chi connectivity index (χ3v) is 6.24. The number of amides is 3. The zero-order valence-corrected chi connectivity index (χ0v) is 20.9. The van der Waals surface area contributed by atoms with Crippen molar-refractivity contribution in [2.75, 3.05) is 29.8 Å². The van der Waals surface area contributed by atoms with E-state index in [1.807, 2.05) is 18.2 Å². The van der Waals surface area contributed by atoms with Crippen LogP contribution in [0.15, 0.2) is 81.9 Å². The van der Waals surface area contributed by atoms with E-state index >= 15 is 0 Å². The molecule has 3 aromatic rings. The predicted molar refractivity (Wildman–Crippen MR) is 137 cm³/mol. The van der Waals surface area contributed by atoms with Gasteiger partial charge in [-0.1, -0.05) is 23.7 Å². The lowest BCUT2D eigenvalue weighted by molar-refractivity contribution is -0.120. The van der Waals surface area contributed by atoms with Crippen LogP contribution in [0, 0.1) is 0 Å². The number of nitrogens with one attached hydrogen (secondary N) is 2. The average molecular weight is 557 g/mol. The van der Waals surface area contributed by atoms with E-state index in [4.69, 9.17) is 21.1 Å². The predicted octanol–water partition coefficient (Wildman–Crippen LogP) is 5.15. The monoisotopic (exact) mass is 555 g/mol. The molecule has 178 valence electrons. The number of rotatable bonds is 7. The molecule has 0 radical (unpaired) electrons. The van der Waals surface area contributed by atoms with Crippen LogP contribution in [-0.4, -0.2) is 31.9 Å². The van der Waals surface area contributed by atoms with Crippen molar-refractivity contribution in [1.29, 1.82) is 0 Å². The number of hydrogen-bond donors (Lipinski definition) is 2. The molecule has 0 bridgehead atoms. The first kappa shape index (κ1) is 24.3. The second-order valence-electron chi connectivity index (χ2n) is 7.31. The zero-order chi connectivity index (χ0) is 25.1. The Morgan fingerprint density at radius 3 is 2.31 bits per heavy atom. The summed E-state index contributed by atoms with van der Waals surface area (Å²) in [5.41, 5.74) is 1.67. The van der Waals surface area contributed by atoms with Gasteiger partial charge in [0, 0.05) is 21.8 Å². The largest absolute Gasteiger partial charge is 0.497 e. The van der Waals surface area contributed by atoms with E-state index < -0.39 is 11.8 Å². The van der Waals surface area contributed by atoms with E-state index in [-0.39, 0.29) is 28.1 Å². The summed E-state index contributed by atoms with van der Waals surface area (Å²) in [7, 11) is 2.92. The molecule has 0 aliphatic carbocycles. The summed E-state index contributed by atoms with van der Waals surface area (Å²) in [6.45, 7) is 0. The van der Waals surface area contributed by atoms with E-state index in [1.165, 1.54) is 14.2 Å². The van der Waals surface area contributed by atoms with Crippen LogP contribution in [-0.2, 0) is 9.59 Å². The van der Waals surface area contributed by atoms with Crippen molar-refractivity contribution in [3.8, 4) is 11.5 Å². The van der Waals surface area contributed by atoms with Crippen LogP contribution in [0.4, 0.5) is 17.1 Å². The van der Waals surface area contributed by atoms with Gasteiger partial charge in [0.15, 0.2) is 0 Å². The highest BCUT2D eigenvalue weighted by atomic mass is 79.9. The maximum absolute atomic E-state index is 13.1. The quantitative estimate of drug-likeness (QED) is 0.391. The van der Waals surface area contributed by atoms with Crippen LogP contribution >= 0.6 is 27.5 Å². The molecule has 1 heterocycles. The Kier molecular flexibility index (Phi) is 7.09. The maximum atomic E-state index is 13.1. The first-order valence-electron chi connectivity index (χ1n) is 10.3. The Morgan fingerprint density at radius 2 is 1.66 bits per heavy atom. The SMILES string of the molecule is COc1ccc(N2C(=O)C(Cl)=C(Nc3ccc(C(=O)Nc4ccccc4Br)cc3)C2=O)c(OC)c1. The number of halogens is 2. The van der Waals surface area contributed by atoms with Crippen LogP contribution < -0.4 is 25.0 Å². The highest BCUT2D eigenvalue weighted by Gasteiger charge is 2.40. The Hall–Kier alpha value is -3.82. The molecule has 3 amide bonds. The Bertz CT molecular complexity index is 1360. The molecular formula is C25H19BrClN3O5. The standard InChI is InChI=1S/C25H19BrClN3O5/c1-34-16-11-12-19(20(13-16)35-2)30-24(32)21(27)22(25(30)33)28-15-9-7-14(8-10-15)23(31)29-18-6-4-3-5-17(18)26/h3-13,28H,1-2H3,(H,29,31). The normalized spacial score (nSPS) is 13.2. The molecule has 10 heteroatoms. The molecule has 2 N–H and O–H groups in total. The Labute approximate surface area is 214 Å². The Balaban J connectivity index is 1.51. The van der Waals surface area contributed by atoms with Crippen LogP contribution in [0.3, 0.4) is 0 Å². The van der Waals surface area contributed by atoms with Crippen molar-refractivity contribution in [2.45, 2.75) is 0 Å². The van der Waals surface area contributed by atoms with Crippen molar-refractivity contribution in [1.82, 2.24) is 0 Å². The molecule has 0 unspecified atom stereocenters. The molecular weight excluding hydrogens is 538 g/mol. The Morgan fingerprint density at radius 1 is 0.943 bits per heavy atom. The van der Waals surface area contributed by atoms with E-state index in [2.05, 4.69) is 26.6 Å². The third kappa shape index (κ3) is 4.87. The summed E-state index contributed by atoms with van der Waals surface area (Å²) < 4.78 is 11.2. The van der Waals surface area contributed by atoms with Crippen molar-refractivity contribution >= 4 is 62.3 Å². The van der Waals surface area contributed by atoms with Gasteiger partial charge in [-0.3, -0.25) is 14.4 Å². The first-order chi connectivity index (χ1) is 16.8. The van der Waals surface area contributed by atoms with Crippen LogP contribution in [0.1, 0.15) is 10.4 Å². The minimum atomic E-state index is -0.688. The molecule has 0 aromatic heterocycles. The van der Waals surface area contributed by atoms with Gasteiger partial charge in [0.1, 0.15) is 22.2 Å². The lowest BCUT2D eigenvalue weighted by atomic mass is 10.2. The minimum Gasteiger partial charge on any atom is -0.497 e. The topological polar surface area (TPSA) is 97.0 Å². The average Bonchev–Trinajstić information content (AvgIpc) is 3.08. The summed E-state index contributed by atoms with van der Waals surface area (Å²) >= 11 is 9.62. The molecule has 3 aromatic carbocycles. The van der Waals surface area contributed by atoms with Gasteiger partial charge in [-0.15, -0.1) is 0 Å². The van der Waals surface area contributed by atoms with Crippen molar-refractivity contribution in [3.05, 3.63) is 87.5 Å². The van der Waals surface area contributed by atoms with Crippen LogP contribution in [0.25, 0.3) is 0 Å². The van der Waals surface area contributed by atoms with Gasteiger partial charge in [-0.2, -0.15) is 0 Å². The smallest absolute Gasteiger partial charge is 0.283 e. The van der Waals surface area contributed by atoms with Crippen molar-refractivity contribution in [2.24, 2.45) is 0 Å². The molecule has 1 aliphatic heterocycles. The van der Waals surface area contributed by atoms with E-state index in [9.17, 15) is 14.4 Å². The highest BCUT2D eigenvalue weighted by molar-refractivity contribution is 9.10. The van der Waals surface area contributed by atoms with Gasteiger partial charge in [0.25, 0.3) is 17.7 Å². The maximum Gasteiger partial charge on any atom is 0.283 e. The lowest BCUT2D eigenvalue weighted by Gasteiger charge is -2.18. The van der Waals surface area contributed by atoms with Gasteiger partial charge in [-0.25, -0.2) is 4.90 Å². The molecule has 0 atom stereocenters. The van der Waals surface area contributed by atoms with Gasteiger partial charge in [0.2, 0.25) is 0 Å². The number of hydrogen-bond acceptors (Lipinski definition) is 6. The lowest BCUT2D eigenvalue weighted by Crippen LogP contribution is -2.32. The first-order valence-corrected chi connectivity index (χ1v) is 11.4. The number of nitrogens with zero attached hydrogens (tertiary/aromatic N) is 1. The van der Waals surface area contributed by atoms with Crippen LogP contribution in [0.5, 0.6) is 11.5 Å².